The highest BCUT2D eigenvalue weighted by atomic mass is 19.1. The summed E-state index contributed by atoms with van der Waals surface area (Å²) in [6.07, 6.45) is 4.89. The van der Waals surface area contributed by atoms with Crippen molar-refractivity contribution < 1.29 is 4.39 Å². The van der Waals surface area contributed by atoms with E-state index in [1.807, 2.05) is 6.07 Å². The largest absolute Gasteiger partial charge is 0.372 e. The Morgan fingerprint density at radius 1 is 1.32 bits per heavy atom. The van der Waals surface area contributed by atoms with Gasteiger partial charge in [0.15, 0.2) is 0 Å². The van der Waals surface area contributed by atoms with Crippen molar-refractivity contribution in [1.29, 1.82) is 0 Å². The molecule has 3 heteroatoms. The molecule has 0 spiro atoms. The number of benzene rings is 1. The van der Waals surface area contributed by atoms with Gasteiger partial charge in [-0.3, -0.25) is 0 Å². The molecule has 2 nitrogen and oxygen atoms in total. The van der Waals surface area contributed by atoms with E-state index in [0.29, 0.717) is 6.04 Å². The fraction of sp³-hybridized carbons (Fsp3) is 0.625. The summed E-state index contributed by atoms with van der Waals surface area (Å²) in [6.45, 7) is 7.17. The first-order valence-corrected chi connectivity index (χ1v) is 7.51. The zero-order chi connectivity index (χ0) is 13.7. The minimum atomic E-state index is -0.136. The zero-order valence-corrected chi connectivity index (χ0v) is 12.1. The maximum absolute atomic E-state index is 13.5. The van der Waals surface area contributed by atoms with Crippen molar-refractivity contribution in [3.63, 3.8) is 0 Å². The van der Waals surface area contributed by atoms with Crippen molar-refractivity contribution in [3.05, 3.63) is 29.6 Å². The van der Waals surface area contributed by atoms with Crippen molar-refractivity contribution >= 4 is 5.69 Å². The summed E-state index contributed by atoms with van der Waals surface area (Å²) >= 11 is 0. The van der Waals surface area contributed by atoms with Crippen molar-refractivity contribution in [2.75, 3.05) is 18.0 Å². The van der Waals surface area contributed by atoms with E-state index in [1.54, 1.807) is 12.1 Å². The highest BCUT2D eigenvalue weighted by molar-refractivity contribution is 5.53. The molecule has 0 unspecified atom stereocenters. The molecule has 0 radical (unpaired) electrons. The summed E-state index contributed by atoms with van der Waals surface area (Å²) in [5, 5.41) is 3.48. The van der Waals surface area contributed by atoms with Gasteiger partial charge in [-0.15, -0.1) is 0 Å². The fourth-order valence-electron chi connectivity index (χ4n) is 2.34. The molecule has 106 valence electrons. The van der Waals surface area contributed by atoms with E-state index in [1.165, 1.54) is 31.4 Å². The SMILES string of the molecule is CCCCN(CC)c1ccc(F)cc1CNC1CC1. The molecule has 1 aromatic rings. The molecule has 2 rings (SSSR count). The minimum absolute atomic E-state index is 0.136. The van der Waals surface area contributed by atoms with Gasteiger partial charge in [-0.25, -0.2) is 4.39 Å². The van der Waals surface area contributed by atoms with Gasteiger partial charge in [-0.2, -0.15) is 0 Å². The van der Waals surface area contributed by atoms with Gasteiger partial charge in [0.1, 0.15) is 5.82 Å². The molecule has 1 aromatic carbocycles. The summed E-state index contributed by atoms with van der Waals surface area (Å²) in [5.74, 6) is -0.136. The minimum Gasteiger partial charge on any atom is -0.372 e. The van der Waals surface area contributed by atoms with Gasteiger partial charge in [-0.05, 0) is 49.9 Å². The molecule has 1 aliphatic rings. The third kappa shape index (κ3) is 4.20. The number of nitrogens with one attached hydrogen (secondary N) is 1. The summed E-state index contributed by atoms with van der Waals surface area (Å²) in [4.78, 5) is 2.35. The highest BCUT2D eigenvalue weighted by Crippen LogP contribution is 2.25. The Bertz CT molecular complexity index is 402. The van der Waals surface area contributed by atoms with E-state index in [9.17, 15) is 4.39 Å². The standard InChI is InChI=1S/C16H25FN2/c1-3-5-10-19(4-2)16-9-6-14(17)11-13(16)12-18-15-7-8-15/h6,9,11,15,18H,3-5,7-8,10,12H2,1-2H3. The molecule has 1 aliphatic carbocycles. The second kappa shape index (κ2) is 6.90. The lowest BCUT2D eigenvalue weighted by Crippen LogP contribution is -2.26. The van der Waals surface area contributed by atoms with Gasteiger partial charge in [0, 0.05) is 31.4 Å². The highest BCUT2D eigenvalue weighted by Gasteiger charge is 2.21. The van der Waals surface area contributed by atoms with Crippen LogP contribution in [0.2, 0.25) is 0 Å². The first-order chi connectivity index (χ1) is 9.24. The van der Waals surface area contributed by atoms with Crippen molar-refractivity contribution in [1.82, 2.24) is 5.32 Å². The van der Waals surface area contributed by atoms with E-state index < -0.39 is 0 Å². The lowest BCUT2D eigenvalue weighted by atomic mass is 10.1. The first-order valence-electron chi connectivity index (χ1n) is 7.51. The van der Waals surface area contributed by atoms with Crippen LogP contribution < -0.4 is 10.2 Å². The normalized spacial score (nSPS) is 14.7. The Balaban J connectivity index is 2.10. The van der Waals surface area contributed by atoms with Crippen LogP contribution in [0, 0.1) is 5.82 Å². The predicted octanol–water partition coefficient (Wildman–Crippen LogP) is 3.70. The van der Waals surface area contributed by atoms with E-state index in [0.717, 1.165) is 25.2 Å². The third-order valence-corrected chi connectivity index (χ3v) is 3.70. The molecule has 0 atom stereocenters. The maximum atomic E-state index is 13.5. The number of hydrogen-bond acceptors (Lipinski definition) is 2. The third-order valence-electron chi connectivity index (χ3n) is 3.70. The van der Waals surface area contributed by atoms with E-state index in [4.69, 9.17) is 0 Å². The van der Waals surface area contributed by atoms with Crippen LogP contribution in [0.25, 0.3) is 0 Å². The van der Waals surface area contributed by atoms with Gasteiger partial charge in [0.2, 0.25) is 0 Å². The van der Waals surface area contributed by atoms with Crippen molar-refractivity contribution in [2.24, 2.45) is 0 Å². The Hall–Kier alpha value is -1.09. The smallest absolute Gasteiger partial charge is 0.123 e. The quantitative estimate of drug-likeness (QED) is 0.770. The van der Waals surface area contributed by atoms with E-state index >= 15 is 0 Å². The Labute approximate surface area is 116 Å². The van der Waals surface area contributed by atoms with Gasteiger partial charge in [0.05, 0.1) is 0 Å². The maximum Gasteiger partial charge on any atom is 0.123 e. The summed E-state index contributed by atoms with van der Waals surface area (Å²) in [6, 6.07) is 5.84. The van der Waals surface area contributed by atoms with Crippen LogP contribution in [0.4, 0.5) is 10.1 Å². The van der Waals surface area contributed by atoms with Crippen LogP contribution in [0.1, 0.15) is 45.1 Å². The molecular weight excluding hydrogens is 239 g/mol. The number of unbranched alkanes of at least 4 members (excludes halogenated alkanes) is 1. The molecular formula is C16H25FN2. The van der Waals surface area contributed by atoms with Crippen molar-refractivity contribution in [2.45, 2.75) is 52.1 Å². The topological polar surface area (TPSA) is 15.3 Å². The second-order valence-electron chi connectivity index (χ2n) is 5.36. The zero-order valence-electron chi connectivity index (χ0n) is 12.1. The molecule has 0 aliphatic heterocycles. The molecule has 1 N–H and O–H groups in total. The molecule has 19 heavy (non-hydrogen) atoms. The molecule has 0 heterocycles. The van der Waals surface area contributed by atoms with Crippen molar-refractivity contribution in [3.8, 4) is 0 Å². The number of halogens is 1. The summed E-state index contributed by atoms with van der Waals surface area (Å²) in [5.41, 5.74) is 2.27. The monoisotopic (exact) mass is 264 g/mol. The molecule has 1 saturated carbocycles. The lowest BCUT2D eigenvalue weighted by molar-refractivity contribution is 0.617. The average Bonchev–Trinajstić information content (AvgIpc) is 3.23. The lowest BCUT2D eigenvalue weighted by Gasteiger charge is -2.26. The molecule has 1 fully saturated rings. The average molecular weight is 264 g/mol. The fourth-order valence-corrected chi connectivity index (χ4v) is 2.34. The molecule has 0 bridgehead atoms. The second-order valence-corrected chi connectivity index (χ2v) is 5.36. The van der Waals surface area contributed by atoms with E-state index in [-0.39, 0.29) is 5.82 Å². The van der Waals surface area contributed by atoms with Crippen LogP contribution in [-0.2, 0) is 6.54 Å². The van der Waals surface area contributed by atoms with Gasteiger partial charge in [-0.1, -0.05) is 13.3 Å². The molecule has 0 amide bonds. The number of nitrogens with zero attached hydrogens (tertiary/aromatic N) is 1. The number of hydrogen-bond donors (Lipinski definition) is 1. The molecule has 0 aromatic heterocycles. The van der Waals surface area contributed by atoms with E-state index in [2.05, 4.69) is 24.1 Å². The summed E-state index contributed by atoms with van der Waals surface area (Å²) < 4.78 is 13.5. The number of anilines is 1. The Morgan fingerprint density at radius 2 is 2.11 bits per heavy atom. The Kier molecular flexibility index (Phi) is 5.20. The van der Waals surface area contributed by atoms with Crippen LogP contribution >= 0.6 is 0 Å². The number of rotatable bonds is 8. The Morgan fingerprint density at radius 3 is 2.74 bits per heavy atom. The van der Waals surface area contributed by atoms with Crippen LogP contribution in [-0.4, -0.2) is 19.1 Å². The molecule has 0 saturated heterocycles. The van der Waals surface area contributed by atoms with Gasteiger partial charge < -0.3 is 10.2 Å². The predicted molar refractivity (Wildman–Crippen MR) is 79.1 cm³/mol. The first kappa shape index (κ1) is 14.3. The van der Waals surface area contributed by atoms with Crippen LogP contribution in [0.3, 0.4) is 0 Å². The van der Waals surface area contributed by atoms with Gasteiger partial charge >= 0.3 is 0 Å². The van der Waals surface area contributed by atoms with Crippen LogP contribution in [0.15, 0.2) is 18.2 Å². The van der Waals surface area contributed by atoms with Gasteiger partial charge in [0.25, 0.3) is 0 Å². The summed E-state index contributed by atoms with van der Waals surface area (Å²) in [7, 11) is 0. The van der Waals surface area contributed by atoms with Crippen LogP contribution in [0.5, 0.6) is 0 Å².